The van der Waals surface area contributed by atoms with E-state index in [1.54, 1.807) is 0 Å². The van der Waals surface area contributed by atoms with Crippen molar-refractivity contribution in [2.45, 2.75) is 36.6 Å². The van der Waals surface area contributed by atoms with Crippen molar-refractivity contribution in [2.75, 3.05) is 37.7 Å². The van der Waals surface area contributed by atoms with Crippen LogP contribution in [0, 0.1) is 0 Å². The second-order valence-electron chi connectivity index (χ2n) is 7.38. The number of anilines is 1. The zero-order valence-corrected chi connectivity index (χ0v) is 18.5. The summed E-state index contributed by atoms with van der Waals surface area (Å²) >= 11 is 6.34. The Morgan fingerprint density at radius 1 is 1.13 bits per heavy atom. The molecule has 2 heterocycles. The lowest BCUT2D eigenvalue weighted by Crippen LogP contribution is -2.55. The molecule has 0 unspecified atom stereocenters. The number of carbonyl (C=O) groups excluding carboxylic acids is 3. The summed E-state index contributed by atoms with van der Waals surface area (Å²) in [5.41, 5.74) is 5.56. The molecule has 1 aromatic rings. The number of ether oxygens (including phenoxy) is 1. The van der Waals surface area contributed by atoms with Gasteiger partial charge in [0.15, 0.2) is 6.04 Å². The second-order valence-corrected chi connectivity index (χ2v) is 9.44. The van der Waals surface area contributed by atoms with Crippen molar-refractivity contribution in [1.82, 2.24) is 9.62 Å². The quantitative estimate of drug-likeness (QED) is 0.568. The van der Waals surface area contributed by atoms with Gasteiger partial charge in [0.2, 0.25) is 21.8 Å². The Balaban J connectivity index is 1.87. The molecule has 0 radical (unpaired) electrons. The van der Waals surface area contributed by atoms with Gasteiger partial charge in [-0.1, -0.05) is 30.5 Å². The topological polar surface area (TPSA) is 139 Å². The molecule has 0 aromatic heterocycles. The average Bonchev–Trinajstić information content (AvgIpc) is 3.02. The molecule has 0 aliphatic carbocycles. The Labute approximate surface area is 185 Å². The summed E-state index contributed by atoms with van der Waals surface area (Å²) in [4.78, 5) is 39.4. The van der Waals surface area contributed by atoms with E-state index in [0.717, 1.165) is 25.7 Å². The first kappa shape index (κ1) is 23.5. The molecule has 3 N–H and O–H groups in total. The van der Waals surface area contributed by atoms with Gasteiger partial charge in [0, 0.05) is 19.6 Å². The third-order valence-corrected chi connectivity index (χ3v) is 7.21. The first-order valence-electron chi connectivity index (χ1n) is 9.99. The first-order valence-corrected chi connectivity index (χ1v) is 11.9. The lowest BCUT2D eigenvalue weighted by Gasteiger charge is -2.28. The first-order chi connectivity index (χ1) is 14.7. The lowest BCUT2D eigenvalue weighted by atomic mass is 10.2. The number of rotatable bonds is 6. The SMILES string of the molecule is NC(=O)[C@H](NS(=O)(=O)c1cccc(N2CCOCC2=O)c1Cl)C(=O)N1CCCCCC1. The summed E-state index contributed by atoms with van der Waals surface area (Å²) in [6.07, 6.45) is 3.45. The zero-order valence-electron chi connectivity index (χ0n) is 16.9. The molecule has 1 atom stereocenters. The Kier molecular flexibility index (Phi) is 7.52. The van der Waals surface area contributed by atoms with Crippen molar-refractivity contribution in [3.63, 3.8) is 0 Å². The van der Waals surface area contributed by atoms with E-state index in [9.17, 15) is 22.8 Å². The fraction of sp³-hybridized carbons (Fsp3) is 0.526. The van der Waals surface area contributed by atoms with Crippen LogP contribution in [-0.2, 0) is 29.1 Å². The van der Waals surface area contributed by atoms with E-state index in [-0.39, 0.29) is 41.3 Å². The number of benzene rings is 1. The standard InChI is InChI=1S/C19H25ClN4O6S/c20-16-13(24-10-11-30-12-15(24)25)6-5-7-14(16)31(28,29)22-17(18(21)26)19(27)23-8-3-1-2-4-9-23/h5-7,17,22H,1-4,8-12H2,(H2,21,26)/t17-/m0/s1. The summed E-state index contributed by atoms with van der Waals surface area (Å²) in [6, 6.07) is 2.41. The van der Waals surface area contributed by atoms with Gasteiger partial charge in [0.05, 0.1) is 17.3 Å². The molecule has 1 aromatic carbocycles. The summed E-state index contributed by atoms with van der Waals surface area (Å²) < 4.78 is 33.3. The number of likely N-dealkylation sites (tertiary alicyclic amines) is 1. The highest BCUT2D eigenvalue weighted by Gasteiger charge is 2.35. The van der Waals surface area contributed by atoms with Crippen LogP contribution in [0.25, 0.3) is 0 Å². The highest BCUT2D eigenvalue weighted by molar-refractivity contribution is 7.89. The molecule has 0 bridgehead atoms. The van der Waals surface area contributed by atoms with Crippen LogP contribution in [0.4, 0.5) is 5.69 Å². The van der Waals surface area contributed by atoms with Crippen LogP contribution in [0.2, 0.25) is 5.02 Å². The summed E-state index contributed by atoms with van der Waals surface area (Å²) in [7, 11) is -4.41. The number of carbonyl (C=O) groups is 3. The molecule has 0 saturated carbocycles. The van der Waals surface area contributed by atoms with Crippen molar-refractivity contribution >= 4 is 45.0 Å². The Morgan fingerprint density at radius 2 is 1.81 bits per heavy atom. The molecule has 2 aliphatic rings. The van der Waals surface area contributed by atoms with Gasteiger partial charge in [-0.2, -0.15) is 4.72 Å². The predicted octanol–water partition coefficient (Wildman–Crippen LogP) is 0.238. The van der Waals surface area contributed by atoms with Gasteiger partial charge in [0.1, 0.15) is 11.5 Å². The number of primary amides is 1. The fourth-order valence-corrected chi connectivity index (χ4v) is 5.40. The van der Waals surface area contributed by atoms with Crippen molar-refractivity contribution in [1.29, 1.82) is 0 Å². The molecule has 2 saturated heterocycles. The molecule has 31 heavy (non-hydrogen) atoms. The number of hydrogen-bond donors (Lipinski definition) is 2. The highest BCUT2D eigenvalue weighted by Crippen LogP contribution is 2.33. The fourth-order valence-electron chi connectivity index (χ4n) is 3.61. The Bertz CT molecular complexity index is 962. The van der Waals surface area contributed by atoms with E-state index in [1.165, 1.54) is 28.0 Å². The van der Waals surface area contributed by atoms with Gasteiger partial charge < -0.3 is 20.3 Å². The number of amides is 3. The lowest BCUT2D eigenvalue weighted by molar-refractivity contribution is -0.137. The minimum Gasteiger partial charge on any atom is -0.370 e. The molecule has 3 rings (SSSR count). The molecule has 2 aliphatic heterocycles. The van der Waals surface area contributed by atoms with Gasteiger partial charge >= 0.3 is 0 Å². The minimum atomic E-state index is -4.41. The van der Waals surface area contributed by atoms with Crippen LogP contribution in [0.1, 0.15) is 25.7 Å². The van der Waals surface area contributed by atoms with E-state index in [1.807, 2.05) is 0 Å². The molecule has 12 heteroatoms. The van der Waals surface area contributed by atoms with Crippen LogP contribution in [0.15, 0.2) is 23.1 Å². The summed E-state index contributed by atoms with van der Waals surface area (Å²) in [5, 5.41) is -0.198. The predicted molar refractivity (Wildman–Crippen MR) is 113 cm³/mol. The molecular formula is C19H25ClN4O6S. The van der Waals surface area contributed by atoms with E-state index >= 15 is 0 Å². The van der Waals surface area contributed by atoms with Crippen molar-refractivity contribution in [2.24, 2.45) is 5.73 Å². The van der Waals surface area contributed by atoms with Crippen LogP contribution >= 0.6 is 11.6 Å². The number of nitrogens with zero attached hydrogens (tertiary/aromatic N) is 2. The van der Waals surface area contributed by atoms with Gasteiger partial charge in [-0.3, -0.25) is 14.4 Å². The minimum absolute atomic E-state index is 0.139. The van der Waals surface area contributed by atoms with Gasteiger partial charge in [0.25, 0.3) is 5.91 Å². The maximum Gasteiger partial charge on any atom is 0.253 e. The van der Waals surface area contributed by atoms with Crippen LogP contribution in [-0.4, -0.2) is 69.9 Å². The second kappa shape index (κ2) is 9.94. The van der Waals surface area contributed by atoms with E-state index in [0.29, 0.717) is 13.1 Å². The van der Waals surface area contributed by atoms with Crippen molar-refractivity contribution in [3.8, 4) is 0 Å². The van der Waals surface area contributed by atoms with Crippen LogP contribution in [0.3, 0.4) is 0 Å². The molecule has 2 fully saturated rings. The van der Waals surface area contributed by atoms with E-state index < -0.39 is 27.9 Å². The summed E-state index contributed by atoms with van der Waals surface area (Å²) in [6.45, 7) is 1.22. The number of nitrogens with two attached hydrogens (primary N) is 1. The number of halogens is 1. The van der Waals surface area contributed by atoms with Gasteiger partial charge in [-0.05, 0) is 25.0 Å². The van der Waals surface area contributed by atoms with Crippen molar-refractivity contribution < 1.29 is 27.5 Å². The molecular weight excluding hydrogens is 448 g/mol. The Hall–Kier alpha value is -2.21. The third-order valence-electron chi connectivity index (χ3n) is 5.23. The average molecular weight is 473 g/mol. The third kappa shape index (κ3) is 5.35. The number of sulfonamides is 1. The van der Waals surface area contributed by atoms with E-state index in [2.05, 4.69) is 4.72 Å². The Morgan fingerprint density at radius 3 is 2.42 bits per heavy atom. The molecule has 10 nitrogen and oxygen atoms in total. The number of nitrogens with one attached hydrogen (secondary N) is 1. The van der Waals surface area contributed by atoms with Gasteiger partial charge in [-0.15, -0.1) is 0 Å². The molecule has 0 spiro atoms. The van der Waals surface area contributed by atoms with Gasteiger partial charge in [-0.25, -0.2) is 8.42 Å². The monoisotopic (exact) mass is 472 g/mol. The maximum absolute atomic E-state index is 13.0. The normalized spacial score (nSPS) is 19.1. The van der Waals surface area contributed by atoms with Crippen LogP contribution < -0.4 is 15.4 Å². The number of hydrogen-bond acceptors (Lipinski definition) is 6. The maximum atomic E-state index is 13.0. The molecule has 170 valence electrons. The smallest absolute Gasteiger partial charge is 0.253 e. The summed E-state index contributed by atoms with van der Waals surface area (Å²) in [5.74, 6) is -2.15. The number of morpholine rings is 1. The van der Waals surface area contributed by atoms with E-state index in [4.69, 9.17) is 22.1 Å². The zero-order chi connectivity index (χ0) is 22.6. The largest absolute Gasteiger partial charge is 0.370 e. The van der Waals surface area contributed by atoms with Crippen molar-refractivity contribution in [3.05, 3.63) is 23.2 Å². The molecule has 3 amide bonds. The highest BCUT2D eigenvalue weighted by atomic mass is 35.5. The van der Waals surface area contributed by atoms with Crippen LogP contribution in [0.5, 0.6) is 0 Å².